The number of fused-ring (bicyclic) bond motifs is 1. The summed E-state index contributed by atoms with van der Waals surface area (Å²) in [6.45, 7) is -0.488. The van der Waals surface area contributed by atoms with Crippen molar-refractivity contribution in [3.8, 4) is 5.95 Å². The molecule has 6 rings (SSSR count). The quantitative estimate of drug-likeness (QED) is 0.206. The molecule has 0 spiro atoms. The minimum atomic E-state index is -4.28. The monoisotopic (exact) mass is 584 g/mol. The fourth-order valence-corrected chi connectivity index (χ4v) is 6.04. The Bertz CT molecular complexity index is 1670. The average molecular weight is 585 g/mol. The second kappa shape index (κ2) is 10.8. The zero-order valence-electron chi connectivity index (χ0n) is 21.6. The lowest BCUT2D eigenvalue weighted by molar-refractivity contribution is -0.0511. The van der Waals surface area contributed by atoms with Gasteiger partial charge in [-0.05, 0) is 25.0 Å². The van der Waals surface area contributed by atoms with Gasteiger partial charge in [-0.15, -0.1) is 0 Å². The number of hydrogen-bond acceptors (Lipinski definition) is 12. The number of anilines is 2. The fourth-order valence-electron chi connectivity index (χ4n) is 5.06. The number of sulfone groups is 1. The lowest BCUT2D eigenvalue weighted by Gasteiger charge is -2.18. The van der Waals surface area contributed by atoms with Crippen molar-refractivity contribution in [3.63, 3.8) is 0 Å². The van der Waals surface area contributed by atoms with Gasteiger partial charge in [0.15, 0.2) is 23.2 Å². The molecule has 1 aliphatic heterocycles. The lowest BCUT2D eigenvalue weighted by atomic mass is 10.1. The minimum Gasteiger partial charge on any atom is -0.394 e. The van der Waals surface area contributed by atoms with Crippen LogP contribution in [0.25, 0.3) is 17.1 Å². The minimum absolute atomic E-state index is 0.0675. The van der Waals surface area contributed by atoms with Crippen molar-refractivity contribution in [1.82, 2.24) is 29.3 Å². The molecule has 216 valence electrons. The Morgan fingerprint density at radius 3 is 2.56 bits per heavy atom. The van der Waals surface area contributed by atoms with Crippen molar-refractivity contribution in [3.05, 3.63) is 49.1 Å². The Morgan fingerprint density at radius 2 is 1.85 bits per heavy atom. The van der Waals surface area contributed by atoms with Gasteiger partial charge in [0.1, 0.15) is 18.3 Å². The Kier molecular flexibility index (Phi) is 7.16. The molecule has 4 aromatic rings. The van der Waals surface area contributed by atoms with E-state index in [2.05, 4.69) is 30.7 Å². The molecule has 1 aliphatic carbocycles. The van der Waals surface area contributed by atoms with Gasteiger partial charge in [-0.2, -0.15) is 15.1 Å². The van der Waals surface area contributed by atoms with Gasteiger partial charge in [0.05, 0.1) is 35.9 Å². The number of imidazole rings is 1. The molecule has 1 saturated heterocycles. The molecule has 4 heterocycles. The predicted molar refractivity (Wildman–Crippen MR) is 144 cm³/mol. The summed E-state index contributed by atoms with van der Waals surface area (Å²) in [6.07, 6.45) is 3.34. The Balaban J connectivity index is 1.34. The molecule has 3 aromatic heterocycles. The van der Waals surface area contributed by atoms with E-state index in [1.165, 1.54) is 52.2 Å². The van der Waals surface area contributed by atoms with Gasteiger partial charge in [-0.3, -0.25) is 9.36 Å². The lowest BCUT2D eigenvalue weighted by Crippen LogP contribution is -2.33. The standard InChI is InChI=1S/C25H28N8O7S/c34-12-17-19(35)20(36)23(40-17)32-13-26-18-21(28-14-6-4-5-7-14)30-24(31-22(18)32)33-11-15(10-27-33)29-25(37)41(38,39)16-8-2-1-3-9-16/h1-3,8-11,13-14,17,19-20,23,34-36H,4-7,12H2,(H,29,37)(H,28,30,31). The third-order valence-electron chi connectivity index (χ3n) is 7.23. The second-order valence-electron chi connectivity index (χ2n) is 9.95. The zero-order chi connectivity index (χ0) is 28.7. The highest BCUT2D eigenvalue weighted by molar-refractivity contribution is 8.06. The molecule has 1 aromatic carbocycles. The molecule has 15 nitrogen and oxygen atoms in total. The number of carbonyl (C=O) groups excluding carboxylic acids is 1. The third-order valence-corrected chi connectivity index (χ3v) is 8.71. The molecule has 2 aliphatic rings. The van der Waals surface area contributed by atoms with Gasteiger partial charge in [0, 0.05) is 6.04 Å². The first kappa shape index (κ1) is 27.2. The zero-order valence-corrected chi connectivity index (χ0v) is 22.4. The van der Waals surface area contributed by atoms with E-state index in [4.69, 9.17) is 4.74 Å². The Hall–Kier alpha value is -3.96. The highest BCUT2D eigenvalue weighted by atomic mass is 32.2. The van der Waals surface area contributed by atoms with Crippen LogP contribution in [-0.2, 0) is 14.6 Å². The van der Waals surface area contributed by atoms with Crippen LogP contribution in [0.4, 0.5) is 16.3 Å². The summed E-state index contributed by atoms with van der Waals surface area (Å²) in [7, 11) is -4.28. The van der Waals surface area contributed by atoms with Crippen molar-refractivity contribution in [2.45, 2.75) is 61.2 Å². The van der Waals surface area contributed by atoms with Gasteiger partial charge in [-0.25, -0.2) is 18.1 Å². The maximum Gasteiger partial charge on any atom is 0.345 e. The molecule has 41 heavy (non-hydrogen) atoms. The highest BCUT2D eigenvalue weighted by Gasteiger charge is 2.44. The molecule has 4 unspecified atom stereocenters. The third kappa shape index (κ3) is 5.04. The molecule has 0 radical (unpaired) electrons. The summed E-state index contributed by atoms with van der Waals surface area (Å²) in [6, 6.07) is 7.51. The van der Waals surface area contributed by atoms with Crippen molar-refractivity contribution in [2.24, 2.45) is 0 Å². The SMILES string of the molecule is O=C(Nc1cnn(-c2nc(NC3CCCC3)c3ncn(C4OC(CO)C(O)C4O)c3n2)c1)S(=O)(=O)c1ccccc1. The predicted octanol–water partition coefficient (Wildman–Crippen LogP) is 0.984. The van der Waals surface area contributed by atoms with Crippen molar-refractivity contribution < 1.29 is 33.3 Å². The van der Waals surface area contributed by atoms with Crippen LogP contribution in [-0.4, -0.2) is 89.2 Å². The summed E-state index contributed by atoms with van der Waals surface area (Å²) < 4.78 is 33.7. The summed E-state index contributed by atoms with van der Waals surface area (Å²) in [5, 5.41) is 39.2. The number of aliphatic hydroxyl groups is 3. The van der Waals surface area contributed by atoms with E-state index in [1.54, 1.807) is 6.07 Å². The molecule has 1 saturated carbocycles. The fraction of sp³-hybridized carbons (Fsp3) is 0.400. The Labute approximate surface area is 233 Å². The van der Waals surface area contributed by atoms with Crippen molar-refractivity contribution in [2.75, 3.05) is 17.2 Å². The number of rotatable bonds is 7. The van der Waals surface area contributed by atoms with Crippen LogP contribution < -0.4 is 10.6 Å². The van der Waals surface area contributed by atoms with Gasteiger partial charge >= 0.3 is 5.24 Å². The van der Waals surface area contributed by atoms with Crippen LogP contribution in [0, 0.1) is 0 Å². The molecule has 4 atom stereocenters. The number of nitrogens with zero attached hydrogens (tertiary/aromatic N) is 6. The molecule has 16 heteroatoms. The van der Waals surface area contributed by atoms with E-state index in [0.29, 0.717) is 11.3 Å². The normalized spacial score (nSPS) is 23.3. The van der Waals surface area contributed by atoms with Crippen molar-refractivity contribution in [1.29, 1.82) is 0 Å². The molecule has 5 N–H and O–H groups in total. The summed E-state index contributed by atoms with van der Waals surface area (Å²) in [4.78, 5) is 26.1. The number of hydrogen-bond donors (Lipinski definition) is 5. The van der Waals surface area contributed by atoms with E-state index in [9.17, 15) is 28.5 Å². The van der Waals surface area contributed by atoms with E-state index in [-0.39, 0.29) is 28.2 Å². The summed E-state index contributed by atoms with van der Waals surface area (Å²) in [5.41, 5.74) is 0.756. The van der Waals surface area contributed by atoms with Crippen LogP contribution >= 0.6 is 0 Å². The van der Waals surface area contributed by atoms with Crippen LogP contribution in [0.1, 0.15) is 31.9 Å². The maximum absolute atomic E-state index is 12.6. The summed E-state index contributed by atoms with van der Waals surface area (Å²) >= 11 is 0. The highest BCUT2D eigenvalue weighted by Crippen LogP contribution is 2.33. The van der Waals surface area contributed by atoms with Crippen LogP contribution in [0.5, 0.6) is 0 Å². The smallest absolute Gasteiger partial charge is 0.345 e. The first-order valence-electron chi connectivity index (χ1n) is 13.1. The van der Waals surface area contributed by atoms with Crippen LogP contribution in [0.2, 0.25) is 0 Å². The van der Waals surface area contributed by atoms with E-state index < -0.39 is 46.2 Å². The molecule has 1 amide bonds. The molecular formula is C25H28N8O7S. The number of amides is 1. The first-order chi connectivity index (χ1) is 19.8. The van der Waals surface area contributed by atoms with E-state index >= 15 is 0 Å². The van der Waals surface area contributed by atoms with Gasteiger partial charge < -0.3 is 30.7 Å². The Morgan fingerprint density at radius 1 is 1.10 bits per heavy atom. The average Bonchev–Trinajstić information content (AvgIpc) is 3.78. The van der Waals surface area contributed by atoms with Crippen LogP contribution in [0.3, 0.4) is 0 Å². The number of aliphatic hydroxyl groups excluding tert-OH is 3. The largest absolute Gasteiger partial charge is 0.394 e. The first-order valence-corrected chi connectivity index (χ1v) is 14.5. The molecular weight excluding hydrogens is 556 g/mol. The summed E-state index contributed by atoms with van der Waals surface area (Å²) in [5.74, 6) is 0.480. The number of benzene rings is 1. The van der Waals surface area contributed by atoms with Crippen molar-refractivity contribution >= 4 is 37.7 Å². The molecule has 2 fully saturated rings. The van der Waals surface area contributed by atoms with Gasteiger partial charge in [-0.1, -0.05) is 31.0 Å². The second-order valence-corrected chi connectivity index (χ2v) is 11.8. The number of carbonyl (C=O) groups is 1. The van der Waals surface area contributed by atoms with E-state index in [1.807, 2.05) is 0 Å². The number of nitrogens with one attached hydrogen (secondary N) is 2. The number of aromatic nitrogens is 6. The van der Waals surface area contributed by atoms with Gasteiger partial charge in [0.2, 0.25) is 0 Å². The molecule has 0 bridgehead atoms. The maximum atomic E-state index is 12.6. The van der Waals surface area contributed by atoms with E-state index in [0.717, 1.165) is 25.7 Å². The van der Waals surface area contributed by atoms with Gasteiger partial charge in [0.25, 0.3) is 15.8 Å². The topological polar surface area (TPSA) is 207 Å². The van der Waals surface area contributed by atoms with Crippen LogP contribution in [0.15, 0.2) is 53.9 Å². The number of ether oxygens (including phenoxy) is 1.